The van der Waals surface area contributed by atoms with Crippen LogP contribution in [0.4, 0.5) is 0 Å². The van der Waals surface area contributed by atoms with E-state index in [1.165, 1.54) is 6.08 Å². The monoisotopic (exact) mass is 296 g/mol. The van der Waals surface area contributed by atoms with E-state index < -0.39 is 5.97 Å². The number of fused-ring (bicyclic) bond motifs is 2. The number of rotatable bonds is 3. The second-order valence-corrected chi connectivity index (χ2v) is 5.82. The molecule has 0 saturated carbocycles. The number of hydrogen-bond donors (Lipinski definition) is 1. The number of esters is 1. The van der Waals surface area contributed by atoms with Gasteiger partial charge in [-0.3, -0.25) is 0 Å². The standard InChI is InChI=1S/C19H20O3/c1-3-12-9-10-14-16(11-12)19(22-17(20)4-2)15-8-6-5-7-13(15)18(14)21/h4-8,12,21H,2-3,9-11H2,1H3. The Morgan fingerprint density at radius 2 is 2.09 bits per heavy atom. The number of phenols is 1. The second-order valence-electron chi connectivity index (χ2n) is 5.82. The molecule has 0 radical (unpaired) electrons. The smallest absolute Gasteiger partial charge is 0.335 e. The average molecular weight is 296 g/mol. The van der Waals surface area contributed by atoms with Crippen molar-refractivity contribution in [1.82, 2.24) is 0 Å². The van der Waals surface area contributed by atoms with Crippen molar-refractivity contribution in [3.63, 3.8) is 0 Å². The minimum atomic E-state index is -0.461. The molecule has 3 nitrogen and oxygen atoms in total. The molecule has 3 rings (SSSR count). The first-order valence-corrected chi connectivity index (χ1v) is 7.75. The molecular weight excluding hydrogens is 276 g/mol. The van der Waals surface area contributed by atoms with Crippen LogP contribution >= 0.6 is 0 Å². The van der Waals surface area contributed by atoms with E-state index >= 15 is 0 Å². The summed E-state index contributed by atoms with van der Waals surface area (Å²) in [5.41, 5.74) is 1.90. The molecule has 0 fully saturated rings. The summed E-state index contributed by atoms with van der Waals surface area (Å²) >= 11 is 0. The zero-order valence-corrected chi connectivity index (χ0v) is 12.8. The van der Waals surface area contributed by atoms with Gasteiger partial charge in [-0.05, 0) is 25.2 Å². The van der Waals surface area contributed by atoms with Gasteiger partial charge in [-0.15, -0.1) is 0 Å². The number of phenolic OH excluding ortho intramolecular Hbond substituents is 1. The molecule has 1 aliphatic rings. The lowest BCUT2D eigenvalue weighted by Gasteiger charge is -2.27. The minimum absolute atomic E-state index is 0.332. The summed E-state index contributed by atoms with van der Waals surface area (Å²) < 4.78 is 5.55. The van der Waals surface area contributed by atoms with Crippen LogP contribution in [0.5, 0.6) is 11.5 Å². The SMILES string of the molecule is C=CC(=O)Oc1c2c(c(O)c3ccccc13)CCC(CC)C2. The first-order valence-electron chi connectivity index (χ1n) is 7.75. The molecule has 1 aliphatic carbocycles. The van der Waals surface area contributed by atoms with Gasteiger partial charge in [0.15, 0.2) is 0 Å². The number of benzene rings is 2. The topological polar surface area (TPSA) is 46.5 Å². The summed E-state index contributed by atoms with van der Waals surface area (Å²) in [7, 11) is 0. The third-order valence-corrected chi connectivity index (χ3v) is 4.59. The van der Waals surface area contributed by atoms with Gasteiger partial charge in [0.25, 0.3) is 0 Å². The highest BCUT2D eigenvalue weighted by Gasteiger charge is 2.27. The Labute approximate surface area is 130 Å². The Hall–Kier alpha value is -2.29. The van der Waals surface area contributed by atoms with E-state index in [0.29, 0.717) is 17.4 Å². The van der Waals surface area contributed by atoms with Crippen molar-refractivity contribution in [2.75, 3.05) is 0 Å². The molecule has 0 spiro atoms. The van der Waals surface area contributed by atoms with Crippen LogP contribution < -0.4 is 4.74 Å². The van der Waals surface area contributed by atoms with E-state index in [-0.39, 0.29) is 0 Å². The summed E-state index contributed by atoms with van der Waals surface area (Å²) in [5.74, 6) is 1.02. The van der Waals surface area contributed by atoms with Crippen molar-refractivity contribution in [3.8, 4) is 11.5 Å². The van der Waals surface area contributed by atoms with E-state index in [0.717, 1.165) is 47.6 Å². The van der Waals surface area contributed by atoms with Crippen LogP contribution in [-0.2, 0) is 17.6 Å². The highest BCUT2D eigenvalue weighted by Crippen LogP contribution is 2.45. The molecule has 2 aromatic rings. The van der Waals surface area contributed by atoms with E-state index in [1.54, 1.807) is 0 Å². The predicted molar refractivity (Wildman–Crippen MR) is 87.3 cm³/mol. The summed E-state index contributed by atoms with van der Waals surface area (Å²) in [4.78, 5) is 11.7. The van der Waals surface area contributed by atoms with Crippen molar-refractivity contribution in [2.45, 2.75) is 32.6 Å². The zero-order valence-electron chi connectivity index (χ0n) is 12.8. The first-order chi connectivity index (χ1) is 10.7. The maximum Gasteiger partial charge on any atom is 0.335 e. The Bertz CT molecular complexity index is 746. The second kappa shape index (κ2) is 5.84. The van der Waals surface area contributed by atoms with Crippen LogP contribution in [0.2, 0.25) is 0 Å². The Kier molecular flexibility index (Phi) is 3.88. The molecule has 0 aromatic heterocycles. The predicted octanol–water partition coefficient (Wildman–Crippen LogP) is 4.15. The number of carbonyl (C=O) groups is 1. The zero-order chi connectivity index (χ0) is 15.7. The fourth-order valence-electron chi connectivity index (χ4n) is 3.32. The van der Waals surface area contributed by atoms with E-state index in [4.69, 9.17) is 4.74 Å². The normalized spacial score (nSPS) is 17.0. The summed E-state index contributed by atoms with van der Waals surface area (Å²) in [6.45, 7) is 5.65. The van der Waals surface area contributed by atoms with Crippen LogP contribution in [-0.4, -0.2) is 11.1 Å². The highest BCUT2D eigenvalue weighted by atomic mass is 16.5. The molecular formula is C19H20O3. The Morgan fingerprint density at radius 1 is 1.36 bits per heavy atom. The van der Waals surface area contributed by atoms with E-state index in [9.17, 15) is 9.90 Å². The molecule has 1 N–H and O–H groups in total. The Balaban J connectivity index is 2.26. The molecule has 2 aromatic carbocycles. The molecule has 0 heterocycles. The fourth-order valence-corrected chi connectivity index (χ4v) is 3.32. The van der Waals surface area contributed by atoms with Gasteiger partial charge in [0.2, 0.25) is 0 Å². The molecule has 0 aliphatic heterocycles. The lowest BCUT2D eigenvalue weighted by Crippen LogP contribution is -2.17. The maximum atomic E-state index is 11.7. The summed E-state index contributed by atoms with van der Waals surface area (Å²) in [6.07, 6.45) is 4.98. The van der Waals surface area contributed by atoms with Crippen LogP contribution in [0, 0.1) is 5.92 Å². The van der Waals surface area contributed by atoms with Gasteiger partial charge in [0.05, 0.1) is 0 Å². The quantitative estimate of drug-likeness (QED) is 0.526. The van der Waals surface area contributed by atoms with E-state index in [1.807, 2.05) is 24.3 Å². The van der Waals surface area contributed by atoms with Gasteiger partial charge in [0, 0.05) is 28.0 Å². The molecule has 22 heavy (non-hydrogen) atoms. The van der Waals surface area contributed by atoms with Crippen LogP contribution in [0.25, 0.3) is 10.8 Å². The lowest BCUT2D eigenvalue weighted by atomic mass is 9.80. The fraction of sp³-hybridized carbons (Fsp3) is 0.316. The van der Waals surface area contributed by atoms with Crippen molar-refractivity contribution in [3.05, 3.63) is 48.0 Å². The lowest BCUT2D eigenvalue weighted by molar-refractivity contribution is -0.128. The third-order valence-electron chi connectivity index (χ3n) is 4.59. The maximum absolute atomic E-state index is 11.7. The molecule has 0 amide bonds. The molecule has 1 unspecified atom stereocenters. The number of hydrogen-bond acceptors (Lipinski definition) is 3. The van der Waals surface area contributed by atoms with Gasteiger partial charge < -0.3 is 9.84 Å². The van der Waals surface area contributed by atoms with Crippen LogP contribution in [0.1, 0.15) is 30.9 Å². The van der Waals surface area contributed by atoms with Gasteiger partial charge >= 0.3 is 5.97 Å². The van der Waals surface area contributed by atoms with Crippen molar-refractivity contribution >= 4 is 16.7 Å². The highest BCUT2D eigenvalue weighted by molar-refractivity contribution is 5.98. The number of aromatic hydroxyl groups is 1. The van der Waals surface area contributed by atoms with Gasteiger partial charge in [-0.1, -0.05) is 44.2 Å². The van der Waals surface area contributed by atoms with Gasteiger partial charge in [-0.25, -0.2) is 4.79 Å². The average Bonchev–Trinajstić information content (AvgIpc) is 2.57. The van der Waals surface area contributed by atoms with Crippen LogP contribution in [0.3, 0.4) is 0 Å². The molecule has 0 bridgehead atoms. The largest absolute Gasteiger partial charge is 0.507 e. The van der Waals surface area contributed by atoms with Gasteiger partial charge in [0.1, 0.15) is 11.5 Å². The molecule has 1 atom stereocenters. The number of carbonyl (C=O) groups excluding carboxylic acids is 1. The summed E-state index contributed by atoms with van der Waals surface area (Å²) in [6, 6.07) is 7.52. The van der Waals surface area contributed by atoms with Gasteiger partial charge in [-0.2, -0.15) is 0 Å². The molecule has 0 saturated heterocycles. The van der Waals surface area contributed by atoms with Crippen LogP contribution in [0.15, 0.2) is 36.9 Å². The summed E-state index contributed by atoms with van der Waals surface area (Å²) in [5, 5.41) is 12.1. The number of ether oxygens (including phenoxy) is 1. The van der Waals surface area contributed by atoms with Crippen molar-refractivity contribution < 1.29 is 14.6 Å². The first kappa shape index (κ1) is 14.6. The molecule has 114 valence electrons. The van der Waals surface area contributed by atoms with E-state index in [2.05, 4.69) is 13.5 Å². The minimum Gasteiger partial charge on any atom is -0.507 e. The third kappa shape index (κ3) is 2.37. The Morgan fingerprint density at radius 3 is 2.77 bits per heavy atom. The molecule has 3 heteroatoms. The van der Waals surface area contributed by atoms with Crippen molar-refractivity contribution in [1.29, 1.82) is 0 Å². The van der Waals surface area contributed by atoms with Crippen molar-refractivity contribution in [2.24, 2.45) is 5.92 Å².